The Morgan fingerprint density at radius 2 is 2.07 bits per heavy atom. The van der Waals surface area contributed by atoms with Crippen molar-refractivity contribution in [3.63, 3.8) is 0 Å². The van der Waals surface area contributed by atoms with Crippen LogP contribution in [0.15, 0.2) is 54.8 Å². The fraction of sp³-hybridized carbons (Fsp3) is 0.0833. The second-order valence-corrected chi connectivity index (χ2v) is 3.16. The maximum atomic E-state index is 11.3. The van der Waals surface area contributed by atoms with Crippen LogP contribution in [0.4, 0.5) is 0 Å². The molecule has 1 unspecified atom stereocenters. The monoisotopic (exact) mass is 201 g/mol. The minimum atomic E-state index is -0.384. The molecule has 0 aliphatic carbocycles. The number of carbonyl (C=O) groups excluding carboxylic acids is 1. The smallest absolute Gasteiger partial charge is 0.356 e. The predicted molar refractivity (Wildman–Crippen MR) is 56.7 cm³/mol. The second kappa shape index (κ2) is 4.00. The van der Waals surface area contributed by atoms with E-state index < -0.39 is 0 Å². The highest BCUT2D eigenvalue weighted by atomic mass is 16.6. The van der Waals surface area contributed by atoms with Crippen LogP contribution in [0.3, 0.4) is 0 Å². The largest absolute Gasteiger partial charge is 0.433 e. The fourth-order valence-electron chi connectivity index (χ4n) is 1.41. The van der Waals surface area contributed by atoms with Crippen LogP contribution in [0.2, 0.25) is 0 Å². The van der Waals surface area contributed by atoms with Gasteiger partial charge in [0.25, 0.3) is 0 Å². The molecule has 1 atom stereocenters. The summed E-state index contributed by atoms with van der Waals surface area (Å²) in [5.74, 6) is -0.344. The summed E-state index contributed by atoms with van der Waals surface area (Å²) in [5.41, 5.74) is 1.37. The van der Waals surface area contributed by atoms with Crippen molar-refractivity contribution in [1.82, 2.24) is 5.32 Å². The Labute approximate surface area is 88.1 Å². The Morgan fingerprint density at radius 3 is 2.73 bits per heavy atom. The molecule has 0 aromatic heterocycles. The van der Waals surface area contributed by atoms with E-state index in [1.54, 1.807) is 12.2 Å². The normalized spacial score (nSPS) is 22.3. The van der Waals surface area contributed by atoms with Crippen molar-refractivity contribution in [2.24, 2.45) is 0 Å². The molecule has 0 amide bonds. The number of hydrogen-bond acceptors (Lipinski definition) is 3. The highest BCUT2D eigenvalue weighted by Gasteiger charge is 2.28. The van der Waals surface area contributed by atoms with Gasteiger partial charge in [0.05, 0.1) is 0 Å². The number of nitrogens with one attached hydrogen (secondary N) is 1. The minimum Gasteiger partial charge on any atom is -0.433 e. The first kappa shape index (κ1) is 9.52. The van der Waals surface area contributed by atoms with E-state index in [-0.39, 0.29) is 12.2 Å². The van der Waals surface area contributed by atoms with E-state index >= 15 is 0 Å². The fourth-order valence-corrected chi connectivity index (χ4v) is 1.41. The van der Waals surface area contributed by atoms with Crippen LogP contribution in [0.25, 0.3) is 0 Å². The van der Waals surface area contributed by atoms with Gasteiger partial charge < -0.3 is 10.1 Å². The number of ether oxygens (including phenoxy) is 1. The molecule has 1 aliphatic heterocycles. The summed E-state index contributed by atoms with van der Waals surface area (Å²) < 4.78 is 5.15. The first-order valence-corrected chi connectivity index (χ1v) is 4.66. The summed E-state index contributed by atoms with van der Waals surface area (Å²) in [6, 6.07) is 9.53. The van der Waals surface area contributed by atoms with E-state index in [4.69, 9.17) is 4.74 Å². The van der Waals surface area contributed by atoms with E-state index in [1.807, 2.05) is 30.3 Å². The molecule has 3 heteroatoms. The summed E-state index contributed by atoms with van der Waals surface area (Å²) in [6.07, 6.45) is 2.77. The SMILES string of the molecule is C=C/C=C1/NC(c2ccccc2)OC1=O. The van der Waals surface area contributed by atoms with Gasteiger partial charge in [0, 0.05) is 5.56 Å². The van der Waals surface area contributed by atoms with Crippen LogP contribution in [0.1, 0.15) is 11.8 Å². The molecule has 2 rings (SSSR count). The van der Waals surface area contributed by atoms with Gasteiger partial charge in [0.1, 0.15) is 5.70 Å². The molecule has 1 fully saturated rings. The zero-order valence-corrected chi connectivity index (χ0v) is 8.14. The first-order valence-electron chi connectivity index (χ1n) is 4.66. The van der Waals surface area contributed by atoms with Crippen molar-refractivity contribution in [2.75, 3.05) is 0 Å². The van der Waals surface area contributed by atoms with E-state index in [1.165, 1.54) is 0 Å². The van der Waals surface area contributed by atoms with Gasteiger partial charge in [-0.05, 0) is 6.08 Å². The molecule has 0 saturated carbocycles. The zero-order chi connectivity index (χ0) is 10.7. The van der Waals surface area contributed by atoms with Crippen molar-refractivity contribution >= 4 is 5.97 Å². The topological polar surface area (TPSA) is 38.3 Å². The van der Waals surface area contributed by atoms with Crippen molar-refractivity contribution in [3.05, 3.63) is 60.3 Å². The molecule has 0 radical (unpaired) electrons. The summed E-state index contributed by atoms with van der Waals surface area (Å²) in [7, 11) is 0. The predicted octanol–water partition coefficient (Wildman–Crippen LogP) is 1.90. The third-order valence-electron chi connectivity index (χ3n) is 2.12. The van der Waals surface area contributed by atoms with Gasteiger partial charge in [-0.25, -0.2) is 4.79 Å². The number of esters is 1. The quantitative estimate of drug-likeness (QED) is 0.586. The lowest BCUT2D eigenvalue weighted by molar-refractivity contribution is -0.139. The Hall–Kier alpha value is -2.03. The molecule has 1 heterocycles. The Balaban J connectivity index is 2.20. The lowest BCUT2D eigenvalue weighted by atomic mass is 10.2. The van der Waals surface area contributed by atoms with Crippen molar-refractivity contribution < 1.29 is 9.53 Å². The molecular weight excluding hydrogens is 190 g/mol. The standard InChI is InChI=1S/C12H11NO2/c1-2-6-10-12(14)15-11(13-10)9-7-4-3-5-8-9/h2-8,11,13H,1H2/b10-6+. The average Bonchev–Trinajstić information content (AvgIpc) is 2.63. The molecule has 15 heavy (non-hydrogen) atoms. The maximum Gasteiger partial charge on any atom is 0.356 e. The van der Waals surface area contributed by atoms with Gasteiger partial charge in [-0.1, -0.05) is 43.0 Å². The van der Waals surface area contributed by atoms with Gasteiger partial charge in [0.15, 0.2) is 6.23 Å². The van der Waals surface area contributed by atoms with Gasteiger partial charge >= 0.3 is 5.97 Å². The molecule has 0 bridgehead atoms. The second-order valence-electron chi connectivity index (χ2n) is 3.16. The van der Waals surface area contributed by atoms with Crippen LogP contribution in [-0.2, 0) is 9.53 Å². The maximum absolute atomic E-state index is 11.3. The molecule has 1 aromatic rings. The minimum absolute atomic E-state index is 0.344. The van der Waals surface area contributed by atoms with Crippen molar-refractivity contribution in [3.8, 4) is 0 Å². The van der Waals surface area contributed by atoms with Crippen molar-refractivity contribution in [2.45, 2.75) is 6.23 Å². The number of benzene rings is 1. The van der Waals surface area contributed by atoms with Crippen LogP contribution in [0, 0.1) is 0 Å². The van der Waals surface area contributed by atoms with E-state index in [0.717, 1.165) is 5.56 Å². The number of rotatable bonds is 2. The van der Waals surface area contributed by atoms with E-state index in [2.05, 4.69) is 11.9 Å². The van der Waals surface area contributed by atoms with Crippen LogP contribution >= 0.6 is 0 Å². The Morgan fingerprint density at radius 1 is 1.33 bits per heavy atom. The number of carbonyl (C=O) groups is 1. The lowest BCUT2D eigenvalue weighted by Crippen LogP contribution is -2.12. The first-order chi connectivity index (χ1) is 7.31. The third-order valence-corrected chi connectivity index (χ3v) is 2.12. The summed E-state index contributed by atoms with van der Waals surface area (Å²) >= 11 is 0. The van der Waals surface area contributed by atoms with E-state index in [9.17, 15) is 4.79 Å². The summed E-state index contributed by atoms with van der Waals surface area (Å²) in [4.78, 5) is 11.3. The molecular formula is C12H11NO2. The number of allylic oxidation sites excluding steroid dienone is 2. The molecule has 1 N–H and O–H groups in total. The molecule has 1 aromatic carbocycles. The van der Waals surface area contributed by atoms with Gasteiger partial charge in [-0.3, -0.25) is 0 Å². The molecule has 1 saturated heterocycles. The number of cyclic esters (lactones) is 1. The summed E-state index contributed by atoms with van der Waals surface area (Å²) in [6.45, 7) is 3.53. The van der Waals surface area contributed by atoms with Gasteiger partial charge in [-0.2, -0.15) is 0 Å². The summed E-state index contributed by atoms with van der Waals surface area (Å²) in [5, 5.41) is 2.98. The molecule has 0 spiro atoms. The average molecular weight is 201 g/mol. The molecule has 1 aliphatic rings. The van der Waals surface area contributed by atoms with Gasteiger partial charge in [0.2, 0.25) is 0 Å². The van der Waals surface area contributed by atoms with Crippen LogP contribution in [0.5, 0.6) is 0 Å². The highest BCUT2D eigenvalue weighted by molar-refractivity contribution is 5.90. The zero-order valence-electron chi connectivity index (χ0n) is 8.14. The van der Waals surface area contributed by atoms with Crippen LogP contribution in [-0.4, -0.2) is 5.97 Å². The van der Waals surface area contributed by atoms with Gasteiger partial charge in [-0.15, -0.1) is 0 Å². The molecule has 3 nitrogen and oxygen atoms in total. The van der Waals surface area contributed by atoms with E-state index in [0.29, 0.717) is 5.70 Å². The third kappa shape index (κ3) is 1.91. The van der Waals surface area contributed by atoms with Crippen LogP contribution < -0.4 is 5.32 Å². The molecule has 76 valence electrons. The highest BCUT2D eigenvalue weighted by Crippen LogP contribution is 2.22. The Bertz CT molecular complexity index is 409. The lowest BCUT2D eigenvalue weighted by Gasteiger charge is -2.08. The Kier molecular flexibility index (Phi) is 2.54. The number of hydrogen-bond donors (Lipinski definition) is 1. The van der Waals surface area contributed by atoms with Crippen molar-refractivity contribution in [1.29, 1.82) is 0 Å².